The van der Waals surface area contributed by atoms with E-state index in [9.17, 15) is 14.4 Å². The second kappa shape index (κ2) is 15.2. The van der Waals surface area contributed by atoms with E-state index in [1.54, 1.807) is 98.4 Å². The van der Waals surface area contributed by atoms with Crippen LogP contribution in [0.15, 0.2) is 144 Å². The lowest BCUT2D eigenvalue weighted by Gasteiger charge is -2.18. The molecule has 0 saturated heterocycles. The molecule has 1 atom stereocenters. The minimum Gasteiger partial charge on any atom is -0.497 e. The van der Waals surface area contributed by atoms with Crippen molar-refractivity contribution in [2.45, 2.75) is 10.1 Å². The maximum atomic E-state index is 13.4. The van der Waals surface area contributed by atoms with Crippen LogP contribution in [0.25, 0.3) is 6.08 Å². The first-order valence-corrected chi connectivity index (χ1v) is 14.9. The van der Waals surface area contributed by atoms with Crippen LogP contribution in [0.1, 0.15) is 26.7 Å². The first-order valence-electron chi connectivity index (χ1n) is 14.0. The first kappa shape index (κ1) is 30.8. The van der Waals surface area contributed by atoms with Gasteiger partial charge >= 0.3 is 0 Å². The minimum absolute atomic E-state index is 0.0645. The van der Waals surface area contributed by atoms with Gasteiger partial charge in [-0.05, 0) is 83.9 Å². The topological polar surface area (TPSA) is 109 Å². The molecule has 224 valence electrons. The van der Waals surface area contributed by atoms with Crippen molar-refractivity contribution in [3.63, 3.8) is 0 Å². The van der Waals surface area contributed by atoms with Crippen LogP contribution in [0, 0.1) is 0 Å². The van der Waals surface area contributed by atoms with Crippen molar-refractivity contribution in [3.8, 4) is 5.75 Å². The summed E-state index contributed by atoms with van der Waals surface area (Å²) in [6.45, 7) is 0. The molecule has 5 aromatic rings. The fourth-order valence-corrected chi connectivity index (χ4v) is 5.33. The maximum absolute atomic E-state index is 13.4. The zero-order valence-corrected chi connectivity index (χ0v) is 25.2. The molecule has 0 saturated carbocycles. The van der Waals surface area contributed by atoms with E-state index in [0.717, 1.165) is 10.5 Å². The Morgan fingerprint density at radius 2 is 1.40 bits per heavy atom. The highest BCUT2D eigenvalue weighted by Crippen LogP contribution is 2.37. The Kier molecular flexibility index (Phi) is 10.4. The van der Waals surface area contributed by atoms with E-state index in [1.807, 2.05) is 48.5 Å². The van der Waals surface area contributed by atoms with Crippen molar-refractivity contribution < 1.29 is 19.1 Å². The Hall–Kier alpha value is -5.67. The van der Waals surface area contributed by atoms with Crippen LogP contribution >= 0.6 is 11.8 Å². The lowest BCUT2D eigenvalue weighted by molar-refractivity contribution is -0.116. The molecule has 45 heavy (non-hydrogen) atoms. The number of pyridine rings is 1. The monoisotopic (exact) mass is 614 g/mol. The number of carbonyl (C=O) groups excluding carboxylic acids is 3. The third-order valence-electron chi connectivity index (χ3n) is 6.59. The van der Waals surface area contributed by atoms with Gasteiger partial charge in [-0.15, -0.1) is 11.8 Å². The molecule has 1 unspecified atom stereocenters. The zero-order valence-electron chi connectivity index (χ0n) is 24.3. The number of rotatable bonds is 11. The van der Waals surface area contributed by atoms with Gasteiger partial charge in [0.05, 0.1) is 7.11 Å². The molecule has 0 radical (unpaired) electrons. The van der Waals surface area contributed by atoms with Crippen molar-refractivity contribution in [2.24, 2.45) is 0 Å². The molecule has 3 amide bonds. The molecule has 0 aliphatic heterocycles. The summed E-state index contributed by atoms with van der Waals surface area (Å²) in [6.07, 6.45) is 4.80. The van der Waals surface area contributed by atoms with E-state index in [1.165, 1.54) is 11.8 Å². The van der Waals surface area contributed by atoms with E-state index in [2.05, 4.69) is 20.9 Å². The second-order valence-corrected chi connectivity index (χ2v) is 10.9. The quantitative estimate of drug-likeness (QED) is 0.110. The van der Waals surface area contributed by atoms with E-state index < -0.39 is 17.1 Å². The van der Waals surface area contributed by atoms with Gasteiger partial charge in [-0.2, -0.15) is 0 Å². The number of nitrogens with zero attached hydrogens (tertiary/aromatic N) is 1. The minimum atomic E-state index is -0.532. The molecule has 3 N–H and O–H groups in total. The molecule has 0 bridgehead atoms. The lowest BCUT2D eigenvalue weighted by Crippen LogP contribution is -2.30. The number of hydrogen-bond donors (Lipinski definition) is 3. The largest absolute Gasteiger partial charge is 0.497 e. The van der Waals surface area contributed by atoms with E-state index in [0.29, 0.717) is 28.3 Å². The van der Waals surface area contributed by atoms with Crippen molar-refractivity contribution in [3.05, 3.63) is 156 Å². The van der Waals surface area contributed by atoms with Crippen LogP contribution in [0.3, 0.4) is 0 Å². The third-order valence-corrected chi connectivity index (χ3v) is 7.85. The molecular formula is C36H30N4O4S. The number of carbonyl (C=O) groups is 3. The average molecular weight is 615 g/mol. The summed E-state index contributed by atoms with van der Waals surface area (Å²) in [7, 11) is 1.59. The van der Waals surface area contributed by atoms with Gasteiger partial charge in [0.25, 0.3) is 11.8 Å². The van der Waals surface area contributed by atoms with Crippen molar-refractivity contribution in [1.29, 1.82) is 0 Å². The Balaban J connectivity index is 1.30. The number of aromatic nitrogens is 1. The number of methoxy groups -OCH3 is 1. The van der Waals surface area contributed by atoms with E-state index in [4.69, 9.17) is 4.74 Å². The predicted octanol–water partition coefficient (Wildman–Crippen LogP) is 6.97. The number of anilines is 2. The molecule has 4 aromatic carbocycles. The molecule has 5 rings (SSSR count). The maximum Gasteiger partial charge on any atom is 0.272 e. The van der Waals surface area contributed by atoms with Crippen LogP contribution in [0.4, 0.5) is 11.4 Å². The van der Waals surface area contributed by atoms with Gasteiger partial charge in [-0.1, -0.05) is 54.6 Å². The number of thioether (sulfide) groups is 1. The second-order valence-electron chi connectivity index (χ2n) is 9.77. The standard InChI is InChI=1S/C36H30N4O4S/c1-44-30-18-14-28(15-19-30)39-36(43)33(26-10-4-2-5-11-26)45-31-20-16-29(17-21-31)38-35(42)32(23-25-9-8-22-37-24-25)40-34(41)27-12-6-3-7-13-27/h2-24,33H,1H3,(H,38,42)(H,39,43)(H,40,41)/b32-23-. The Bertz CT molecular complexity index is 1760. The van der Waals surface area contributed by atoms with Crippen LogP contribution in [0.2, 0.25) is 0 Å². The smallest absolute Gasteiger partial charge is 0.272 e. The normalized spacial score (nSPS) is 11.6. The Morgan fingerprint density at radius 3 is 2.04 bits per heavy atom. The van der Waals surface area contributed by atoms with Crippen LogP contribution in [-0.4, -0.2) is 29.8 Å². The summed E-state index contributed by atoms with van der Waals surface area (Å²) in [5, 5.41) is 8.04. The number of hydrogen-bond acceptors (Lipinski definition) is 6. The third kappa shape index (κ3) is 8.68. The van der Waals surface area contributed by atoms with Gasteiger partial charge in [0.2, 0.25) is 5.91 Å². The number of nitrogens with one attached hydrogen (secondary N) is 3. The zero-order chi connectivity index (χ0) is 31.4. The summed E-state index contributed by atoms with van der Waals surface area (Å²) in [6, 6.07) is 36.1. The average Bonchev–Trinajstić information content (AvgIpc) is 3.09. The van der Waals surface area contributed by atoms with Gasteiger partial charge in [-0.25, -0.2) is 0 Å². The molecular weight excluding hydrogens is 584 g/mol. The SMILES string of the molecule is COc1ccc(NC(=O)C(Sc2ccc(NC(=O)/C(=C/c3cccnc3)NC(=O)c3ccccc3)cc2)c2ccccc2)cc1. The van der Waals surface area contributed by atoms with Crippen molar-refractivity contribution >= 4 is 46.9 Å². The van der Waals surface area contributed by atoms with E-state index in [-0.39, 0.29) is 11.6 Å². The number of benzene rings is 4. The van der Waals surface area contributed by atoms with E-state index >= 15 is 0 Å². The molecule has 0 aliphatic carbocycles. The highest BCUT2D eigenvalue weighted by Gasteiger charge is 2.22. The first-order chi connectivity index (χ1) is 22.0. The van der Waals surface area contributed by atoms with Gasteiger partial charge in [0.1, 0.15) is 16.7 Å². The Labute approximate surface area is 265 Å². The van der Waals surface area contributed by atoms with Crippen molar-refractivity contribution in [1.82, 2.24) is 10.3 Å². The van der Waals surface area contributed by atoms with Crippen LogP contribution < -0.4 is 20.7 Å². The predicted molar refractivity (Wildman–Crippen MR) is 178 cm³/mol. The summed E-state index contributed by atoms with van der Waals surface area (Å²) < 4.78 is 5.21. The fraction of sp³-hybridized carbons (Fsp3) is 0.0556. The summed E-state index contributed by atoms with van der Waals surface area (Å²) >= 11 is 1.39. The van der Waals surface area contributed by atoms with Gasteiger partial charge < -0.3 is 20.7 Å². The Morgan fingerprint density at radius 1 is 0.756 bits per heavy atom. The van der Waals surface area contributed by atoms with Gasteiger partial charge in [0, 0.05) is 34.2 Å². The highest BCUT2D eigenvalue weighted by molar-refractivity contribution is 8.00. The molecule has 8 nitrogen and oxygen atoms in total. The van der Waals surface area contributed by atoms with Crippen molar-refractivity contribution in [2.75, 3.05) is 17.7 Å². The van der Waals surface area contributed by atoms with Gasteiger partial charge in [-0.3, -0.25) is 19.4 Å². The molecule has 1 aromatic heterocycles. The molecule has 1 heterocycles. The lowest BCUT2D eigenvalue weighted by atomic mass is 10.1. The molecule has 0 spiro atoms. The van der Waals surface area contributed by atoms with Crippen LogP contribution in [0.5, 0.6) is 5.75 Å². The number of ether oxygens (including phenoxy) is 1. The van der Waals surface area contributed by atoms with Crippen LogP contribution in [-0.2, 0) is 9.59 Å². The highest BCUT2D eigenvalue weighted by atomic mass is 32.2. The molecule has 0 aliphatic rings. The van der Waals surface area contributed by atoms with Gasteiger partial charge in [0.15, 0.2) is 0 Å². The summed E-state index contributed by atoms with van der Waals surface area (Å²) in [5.74, 6) is -0.377. The number of amides is 3. The fourth-order valence-electron chi connectivity index (χ4n) is 4.30. The molecule has 0 fully saturated rings. The summed E-state index contributed by atoms with van der Waals surface area (Å²) in [4.78, 5) is 44.6. The molecule has 9 heteroatoms. The summed E-state index contributed by atoms with van der Waals surface area (Å²) in [5.41, 5.74) is 3.18.